The highest BCUT2D eigenvalue weighted by atomic mass is 16.4. The minimum Gasteiger partial charge on any atom is -0.481 e. The van der Waals surface area contributed by atoms with Gasteiger partial charge in [0, 0.05) is 37.2 Å². The summed E-state index contributed by atoms with van der Waals surface area (Å²) in [4.78, 5) is 35.9. The number of carboxylic acid groups (broad SMARTS) is 1. The number of hydrogen-bond acceptors (Lipinski definition) is 3. The summed E-state index contributed by atoms with van der Waals surface area (Å²) in [5.74, 6) is -0.752. The summed E-state index contributed by atoms with van der Waals surface area (Å²) in [6.07, 6.45) is 4.97. The van der Waals surface area contributed by atoms with Crippen LogP contribution in [0.2, 0.25) is 0 Å². The van der Waals surface area contributed by atoms with E-state index in [9.17, 15) is 14.4 Å². The van der Waals surface area contributed by atoms with E-state index < -0.39 is 5.97 Å². The van der Waals surface area contributed by atoms with Crippen LogP contribution >= 0.6 is 0 Å². The Bertz CT molecular complexity index is 583. The molecule has 1 fully saturated rings. The van der Waals surface area contributed by atoms with Crippen molar-refractivity contribution in [2.45, 2.75) is 44.9 Å². The van der Waals surface area contributed by atoms with Crippen LogP contribution in [-0.2, 0) is 9.59 Å². The Morgan fingerprint density at radius 2 is 1.79 bits per heavy atom. The molecule has 2 rings (SSSR count). The van der Waals surface area contributed by atoms with Gasteiger partial charge in [-0.05, 0) is 43.5 Å². The lowest BCUT2D eigenvalue weighted by atomic mass is 10.1. The van der Waals surface area contributed by atoms with E-state index in [0.29, 0.717) is 24.9 Å². The van der Waals surface area contributed by atoms with Crippen molar-refractivity contribution in [3.63, 3.8) is 0 Å². The third kappa shape index (κ3) is 5.37. The summed E-state index contributed by atoms with van der Waals surface area (Å²) in [5, 5.41) is 11.4. The van der Waals surface area contributed by atoms with E-state index in [1.807, 2.05) is 12.1 Å². The zero-order chi connectivity index (χ0) is 17.4. The quantitative estimate of drug-likeness (QED) is 0.681. The molecule has 2 amide bonds. The smallest absolute Gasteiger partial charge is 0.303 e. The molecule has 1 aliphatic rings. The first-order valence-electron chi connectivity index (χ1n) is 8.48. The third-order valence-corrected chi connectivity index (χ3v) is 4.12. The lowest BCUT2D eigenvalue weighted by Gasteiger charge is -2.15. The molecule has 1 aromatic carbocycles. The monoisotopic (exact) mass is 332 g/mol. The van der Waals surface area contributed by atoms with Gasteiger partial charge >= 0.3 is 5.97 Å². The van der Waals surface area contributed by atoms with Crippen molar-refractivity contribution in [3.05, 3.63) is 29.8 Å². The summed E-state index contributed by atoms with van der Waals surface area (Å²) in [6, 6.07) is 7.10. The van der Waals surface area contributed by atoms with Crippen molar-refractivity contribution >= 4 is 23.5 Å². The average molecular weight is 332 g/mol. The van der Waals surface area contributed by atoms with Gasteiger partial charge in [0.25, 0.3) is 5.91 Å². The number of nitrogens with one attached hydrogen (secondary N) is 1. The van der Waals surface area contributed by atoms with Crippen LogP contribution in [0.25, 0.3) is 0 Å². The second-order valence-corrected chi connectivity index (χ2v) is 6.01. The molecule has 0 atom stereocenters. The highest BCUT2D eigenvalue weighted by Gasteiger charge is 2.21. The topological polar surface area (TPSA) is 86.7 Å². The summed E-state index contributed by atoms with van der Waals surface area (Å²) in [7, 11) is 0. The molecule has 0 spiro atoms. The zero-order valence-electron chi connectivity index (χ0n) is 13.8. The van der Waals surface area contributed by atoms with Gasteiger partial charge in [-0.25, -0.2) is 0 Å². The largest absolute Gasteiger partial charge is 0.481 e. The van der Waals surface area contributed by atoms with Gasteiger partial charge in [-0.1, -0.05) is 12.8 Å². The van der Waals surface area contributed by atoms with Gasteiger partial charge in [0.05, 0.1) is 0 Å². The number of benzene rings is 1. The Kier molecular flexibility index (Phi) is 6.78. The molecule has 0 aliphatic carbocycles. The van der Waals surface area contributed by atoms with E-state index in [0.717, 1.165) is 37.9 Å². The standard InChI is InChI=1S/C18H24N2O4/c21-16-6-5-13-20(16)15-10-8-14(9-11-15)18(24)19-12-4-2-1-3-7-17(22)23/h8-11H,1-7,12-13H2,(H,19,24)(H,22,23). The van der Waals surface area contributed by atoms with Crippen molar-refractivity contribution in [1.82, 2.24) is 5.32 Å². The molecule has 1 saturated heterocycles. The molecular weight excluding hydrogens is 308 g/mol. The van der Waals surface area contributed by atoms with Crippen LogP contribution in [0.4, 0.5) is 5.69 Å². The van der Waals surface area contributed by atoms with Crippen molar-refractivity contribution in [2.24, 2.45) is 0 Å². The lowest BCUT2D eigenvalue weighted by molar-refractivity contribution is -0.137. The minimum atomic E-state index is -0.762. The average Bonchev–Trinajstić information content (AvgIpc) is 2.99. The van der Waals surface area contributed by atoms with Crippen LogP contribution in [-0.4, -0.2) is 36.0 Å². The van der Waals surface area contributed by atoms with Gasteiger partial charge in [0.2, 0.25) is 5.91 Å². The Morgan fingerprint density at radius 3 is 2.42 bits per heavy atom. The Balaban J connectivity index is 1.69. The molecule has 0 unspecified atom stereocenters. The maximum absolute atomic E-state index is 12.1. The van der Waals surface area contributed by atoms with Gasteiger partial charge in [-0.15, -0.1) is 0 Å². The highest BCUT2D eigenvalue weighted by molar-refractivity contribution is 5.97. The second-order valence-electron chi connectivity index (χ2n) is 6.01. The van der Waals surface area contributed by atoms with Gasteiger partial charge < -0.3 is 15.3 Å². The first-order valence-corrected chi connectivity index (χ1v) is 8.48. The fraction of sp³-hybridized carbons (Fsp3) is 0.500. The number of aliphatic carboxylic acids is 1. The molecule has 130 valence electrons. The van der Waals surface area contributed by atoms with E-state index in [4.69, 9.17) is 5.11 Å². The van der Waals surface area contributed by atoms with Crippen LogP contribution in [0.5, 0.6) is 0 Å². The molecule has 1 aliphatic heterocycles. The van der Waals surface area contributed by atoms with Gasteiger partial charge in [-0.3, -0.25) is 14.4 Å². The number of anilines is 1. The van der Waals surface area contributed by atoms with Crippen LogP contribution < -0.4 is 10.2 Å². The first kappa shape index (κ1) is 18.0. The molecule has 0 saturated carbocycles. The second kappa shape index (κ2) is 9.05. The zero-order valence-corrected chi connectivity index (χ0v) is 13.8. The predicted molar refractivity (Wildman–Crippen MR) is 91.1 cm³/mol. The maximum Gasteiger partial charge on any atom is 0.303 e. The van der Waals surface area contributed by atoms with E-state index in [-0.39, 0.29) is 18.2 Å². The SMILES string of the molecule is O=C(O)CCCCCCNC(=O)c1ccc(N2CCCC2=O)cc1. The van der Waals surface area contributed by atoms with Crippen molar-refractivity contribution in [1.29, 1.82) is 0 Å². The molecule has 0 bridgehead atoms. The van der Waals surface area contributed by atoms with Crippen LogP contribution in [0, 0.1) is 0 Å². The fourth-order valence-electron chi connectivity index (χ4n) is 2.77. The van der Waals surface area contributed by atoms with Crippen molar-refractivity contribution < 1.29 is 19.5 Å². The molecule has 6 heteroatoms. The summed E-state index contributed by atoms with van der Waals surface area (Å²) >= 11 is 0. The summed E-state index contributed by atoms with van der Waals surface area (Å²) in [6.45, 7) is 1.32. The molecule has 24 heavy (non-hydrogen) atoms. The molecule has 6 nitrogen and oxygen atoms in total. The highest BCUT2D eigenvalue weighted by Crippen LogP contribution is 2.21. The summed E-state index contributed by atoms with van der Waals surface area (Å²) < 4.78 is 0. The Hall–Kier alpha value is -2.37. The van der Waals surface area contributed by atoms with Crippen molar-refractivity contribution in [2.75, 3.05) is 18.0 Å². The Morgan fingerprint density at radius 1 is 1.08 bits per heavy atom. The van der Waals surface area contributed by atoms with Gasteiger partial charge in [-0.2, -0.15) is 0 Å². The number of carbonyl (C=O) groups excluding carboxylic acids is 2. The molecular formula is C18H24N2O4. The Labute approximate surface area is 141 Å². The molecule has 1 aromatic rings. The van der Waals surface area contributed by atoms with E-state index in [1.165, 1.54) is 0 Å². The molecule has 2 N–H and O–H groups in total. The first-order chi connectivity index (χ1) is 11.6. The fourth-order valence-corrected chi connectivity index (χ4v) is 2.77. The number of unbranched alkanes of at least 4 members (excludes halogenated alkanes) is 3. The molecule has 0 radical (unpaired) electrons. The van der Waals surface area contributed by atoms with Crippen molar-refractivity contribution in [3.8, 4) is 0 Å². The van der Waals surface area contributed by atoms with Gasteiger partial charge in [0.1, 0.15) is 0 Å². The minimum absolute atomic E-state index is 0.125. The predicted octanol–water partition coefficient (Wildman–Crippen LogP) is 2.58. The van der Waals surface area contributed by atoms with E-state index in [1.54, 1.807) is 17.0 Å². The molecule has 0 aromatic heterocycles. The van der Waals surface area contributed by atoms with Crippen LogP contribution in [0.3, 0.4) is 0 Å². The number of amides is 2. The summed E-state index contributed by atoms with van der Waals surface area (Å²) in [5.41, 5.74) is 1.42. The maximum atomic E-state index is 12.1. The molecule has 1 heterocycles. The van der Waals surface area contributed by atoms with Crippen LogP contribution in [0.15, 0.2) is 24.3 Å². The normalized spacial score (nSPS) is 14.0. The number of carbonyl (C=O) groups is 3. The lowest BCUT2D eigenvalue weighted by Crippen LogP contribution is -2.25. The van der Waals surface area contributed by atoms with Crippen LogP contribution in [0.1, 0.15) is 55.3 Å². The number of hydrogen-bond donors (Lipinski definition) is 2. The van der Waals surface area contributed by atoms with E-state index >= 15 is 0 Å². The van der Waals surface area contributed by atoms with E-state index in [2.05, 4.69) is 5.32 Å². The number of carboxylic acids is 1. The number of rotatable bonds is 9. The van der Waals surface area contributed by atoms with Gasteiger partial charge in [0.15, 0.2) is 0 Å². The third-order valence-electron chi connectivity index (χ3n) is 4.12. The number of nitrogens with zero attached hydrogens (tertiary/aromatic N) is 1.